The van der Waals surface area contributed by atoms with Gasteiger partial charge in [-0.3, -0.25) is 0 Å². The summed E-state index contributed by atoms with van der Waals surface area (Å²) in [7, 11) is -1.05. The zero-order valence-corrected chi connectivity index (χ0v) is 13.3. The third-order valence-corrected chi connectivity index (χ3v) is 5.43. The highest BCUT2D eigenvalue weighted by Gasteiger charge is 2.43. The van der Waals surface area contributed by atoms with Gasteiger partial charge in [-0.1, -0.05) is 18.2 Å². The Balaban J connectivity index is 2.19. The molecule has 7 heteroatoms. The molecule has 1 heterocycles. The van der Waals surface area contributed by atoms with Crippen LogP contribution < -0.4 is 9.47 Å². The van der Waals surface area contributed by atoms with Crippen LogP contribution in [0.5, 0.6) is 11.5 Å². The van der Waals surface area contributed by atoms with E-state index in [9.17, 15) is 13.2 Å². The summed E-state index contributed by atoms with van der Waals surface area (Å²) in [5, 5.41) is 0. The molecular weight excluding hydrogens is 320 g/mol. The average molecular weight is 334 g/mol. The number of hydrogen-bond acceptors (Lipinski definition) is 6. The van der Waals surface area contributed by atoms with Crippen LogP contribution >= 0.6 is 0 Å². The lowest BCUT2D eigenvalue weighted by molar-refractivity contribution is 0.0506. The van der Waals surface area contributed by atoms with E-state index >= 15 is 0 Å². The topological polar surface area (TPSA) is 78.9 Å². The van der Waals surface area contributed by atoms with Crippen molar-refractivity contribution >= 4 is 15.8 Å². The second kappa shape index (κ2) is 5.58. The first-order valence-electron chi connectivity index (χ1n) is 6.75. The molecule has 1 aliphatic heterocycles. The van der Waals surface area contributed by atoms with Gasteiger partial charge in [0, 0.05) is 11.6 Å². The minimum Gasteiger partial charge on any atom is -0.497 e. The van der Waals surface area contributed by atoms with E-state index in [2.05, 4.69) is 0 Å². The number of benzene rings is 2. The second-order valence-electron chi connectivity index (χ2n) is 4.89. The molecule has 0 saturated carbocycles. The van der Waals surface area contributed by atoms with Crippen molar-refractivity contribution < 1.29 is 27.4 Å². The molecule has 0 aliphatic carbocycles. The van der Waals surface area contributed by atoms with Gasteiger partial charge < -0.3 is 14.2 Å². The van der Waals surface area contributed by atoms with Crippen molar-refractivity contribution in [3.05, 3.63) is 53.6 Å². The van der Waals surface area contributed by atoms with Crippen molar-refractivity contribution in [1.29, 1.82) is 0 Å². The monoisotopic (exact) mass is 334 g/mol. The Morgan fingerprint density at radius 1 is 1.04 bits per heavy atom. The van der Waals surface area contributed by atoms with Gasteiger partial charge in [0.15, 0.2) is 0 Å². The standard InChI is InChI=1S/C16H14O6S/c1-20-10-8-12-14(13(9-10)21-2)15(17)22-16(12)23(18,19)11-6-4-3-5-7-11/h3-9,16H,1-2H3. The number of fused-ring (bicyclic) bond motifs is 1. The van der Waals surface area contributed by atoms with Crippen LogP contribution in [-0.2, 0) is 14.6 Å². The molecular formula is C16H14O6S. The normalized spacial score (nSPS) is 16.6. The number of cyclic esters (lactones) is 1. The smallest absolute Gasteiger partial charge is 0.344 e. The molecule has 3 rings (SSSR count). The molecule has 120 valence electrons. The Bertz CT molecular complexity index is 858. The maximum atomic E-state index is 12.8. The summed E-state index contributed by atoms with van der Waals surface area (Å²) in [6.07, 6.45) is 0. The molecule has 0 bridgehead atoms. The molecule has 0 saturated heterocycles. The van der Waals surface area contributed by atoms with Gasteiger partial charge in [0.05, 0.1) is 19.1 Å². The SMILES string of the molecule is COc1cc(OC)c2c(c1)C(S(=O)(=O)c1ccccc1)OC2=O. The molecule has 0 aromatic heterocycles. The average Bonchev–Trinajstić information content (AvgIpc) is 2.92. The number of carbonyl (C=O) groups excluding carboxylic acids is 1. The fourth-order valence-electron chi connectivity index (χ4n) is 2.48. The first kappa shape index (κ1) is 15.4. The number of esters is 1. The zero-order chi connectivity index (χ0) is 16.6. The van der Waals surface area contributed by atoms with Crippen molar-refractivity contribution in [3.8, 4) is 11.5 Å². The lowest BCUT2D eigenvalue weighted by Gasteiger charge is -2.13. The van der Waals surface area contributed by atoms with E-state index in [4.69, 9.17) is 14.2 Å². The minimum atomic E-state index is -3.89. The summed E-state index contributed by atoms with van der Waals surface area (Å²) in [6, 6.07) is 10.8. The van der Waals surface area contributed by atoms with Crippen molar-refractivity contribution in [1.82, 2.24) is 0 Å². The maximum Gasteiger partial charge on any atom is 0.344 e. The number of ether oxygens (including phenoxy) is 3. The van der Waals surface area contributed by atoms with Crippen LogP contribution in [0.15, 0.2) is 47.4 Å². The van der Waals surface area contributed by atoms with Crippen LogP contribution in [0.4, 0.5) is 0 Å². The van der Waals surface area contributed by atoms with E-state index in [0.29, 0.717) is 5.75 Å². The molecule has 6 nitrogen and oxygen atoms in total. The van der Waals surface area contributed by atoms with Gasteiger partial charge in [-0.25, -0.2) is 13.2 Å². The highest BCUT2D eigenvalue weighted by atomic mass is 32.2. The van der Waals surface area contributed by atoms with Crippen molar-refractivity contribution in [2.75, 3.05) is 14.2 Å². The minimum absolute atomic E-state index is 0.0763. The summed E-state index contributed by atoms with van der Waals surface area (Å²) >= 11 is 0. The molecule has 0 radical (unpaired) electrons. The molecule has 23 heavy (non-hydrogen) atoms. The van der Waals surface area contributed by atoms with Crippen molar-refractivity contribution in [2.45, 2.75) is 10.3 Å². The highest BCUT2D eigenvalue weighted by Crippen LogP contribution is 2.43. The van der Waals surface area contributed by atoms with E-state index in [-0.39, 0.29) is 21.8 Å². The lowest BCUT2D eigenvalue weighted by atomic mass is 10.1. The van der Waals surface area contributed by atoms with Crippen LogP contribution in [0.3, 0.4) is 0 Å². The highest BCUT2D eigenvalue weighted by molar-refractivity contribution is 7.91. The van der Waals surface area contributed by atoms with E-state index in [1.54, 1.807) is 18.2 Å². The maximum absolute atomic E-state index is 12.8. The van der Waals surface area contributed by atoms with Gasteiger partial charge in [0.25, 0.3) is 0 Å². The first-order valence-corrected chi connectivity index (χ1v) is 8.29. The van der Waals surface area contributed by atoms with Gasteiger partial charge in [-0.15, -0.1) is 0 Å². The predicted octanol–water partition coefficient (Wildman–Crippen LogP) is 2.35. The largest absolute Gasteiger partial charge is 0.497 e. The van der Waals surface area contributed by atoms with Crippen LogP contribution in [0.1, 0.15) is 21.4 Å². The Morgan fingerprint density at radius 3 is 2.35 bits per heavy atom. The molecule has 1 unspecified atom stereocenters. The van der Waals surface area contributed by atoms with Gasteiger partial charge in [0.2, 0.25) is 15.3 Å². The number of methoxy groups -OCH3 is 2. The van der Waals surface area contributed by atoms with Gasteiger partial charge in [-0.2, -0.15) is 0 Å². The van der Waals surface area contributed by atoms with Crippen LogP contribution in [0.2, 0.25) is 0 Å². The molecule has 1 atom stereocenters. The lowest BCUT2D eigenvalue weighted by Crippen LogP contribution is -2.13. The van der Waals surface area contributed by atoms with E-state index in [1.165, 1.54) is 38.5 Å². The van der Waals surface area contributed by atoms with E-state index in [1.807, 2.05) is 0 Å². The van der Waals surface area contributed by atoms with Crippen LogP contribution in [0.25, 0.3) is 0 Å². The fourth-order valence-corrected chi connectivity index (χ4v) is 4.00. The Morgan fingerprint density at radius 2 is 1.74 bits per heavy atom. The third-order valence-electron chi connectivity index (χ3n) is 3.59. The number of hydrogen-bond donors (Lipinski definition) is 0. The molecule has 2 aromatic rings. The molecule has 0 N–H and O–H groups in total. The summed E-state index contributed by atoms with van der Waals surface area (Å²) in [6.45, 7) is 0. The number of rotatable bonds is 4. The van der Waals surface area contributed by atoms with E-state index < -0.39 is 21.2 Å². The van der Waals surface area contributed by atoms with Crippen LogP contribution in [-0.4, -0.2) is 28.6 Å². The second-order valence-corrected chi connectivity index (χ2v) is 6.88. The Hall–Kier alpha value is -2.54. The molecule has 0 amide bonds. The third kappa shape index (κ3) is 2.43. The Kier molecular flexibility index (Phi) is 3.73. The van der Waals surface area contributed by atoms with Crippen LogP contribution in [0, 0.1) is 0 Å². The number of sulfone groups is 1. The summed E-state index contributed by atoms with van der Waals surface area (Å²) < 4.78 is 41.0. The molecule has 0 spiro atoms. The van der Waals surface area contributed by atoms with Crippen molar-refractivity contribution in [3.63, 3.8) is 0 Å². The predicted molar refractivity (Wildman–Crippen MR) is 81.3 cm³/mol. The number of carbonyl (C=O) groups is 1. The summed E-state index contributed by atoms with van der Waals surface area (Å²) in [4.78, 5) is 12.2. The van der Waals surface area contributed by atoms with Crippen molar-refractivity contribution in [2.24, 2.45) is 0 Å². The summed E-state index contributed by atoms with van der Waals surface area (Å²) in [5.41, 5.74) is -1.09. The van der Waals surface area contributed by atoms with Gasteiger partial charge >= 0.3 is 5.97 Å². The van der Waals surface area contributed by atoms with Gasteiger partial charge in [-0.05, 0) is 18.2 Å². The fraction of sp³-hybridized carbons (Fsp3) is 0.188. The van der Waals surface area contributed by atoms with Gasteiger partial charge in [0.1, 0.15) is 17.1 Å². The molecule has 1 aliphatic rings. The quantitative estimate of drug-likeness (QED) is 0.799. The first-order chi connectivity index (χ1) is 11.0. The zero-order valence-electron chi connectivity index (χ0n) is 12.5. The Labute approximate surface area is 133 Å². The molecule has 0 fully saturated rings. The summed E-state index contributed by atoms with van der Waals surface area (Å²) in [5.74, 6) is -0.133. The van der Waals surface area contributed by atoms with E-state index in [0.717, 1.165) is 0 Å². The molecule has 2 aromatic carbocycles.